The van der Waals surface area contributed by atoms with Crippen molar-refractivity contribution in [1.29, 1.82) is 0 Å². The molecular formula is C22H22O9. The summed E-state index contributed by atoms with van der Waals surface area (Å²) in [5.74, 6) is 0.623. The van der Waals surface area contributed by atoms with Crippen LogP contribution in [0.1, 0.15) is 0 Å². The van der Waals surface area contributed by atoms with Crippen LogP contribution in [0.2, 0.25) is 0 Å². The molecule has 0 aliphatic carbocycles. The summed E-state index contributed by atoms with van der Waals surface area (Å²) in [6.07, 6.45) is -5.85. The third kappa shape index (κ3) is 4.14. The van der Waals surface area contributed by atoms with Crippen molar-refractivity contribution in [2.75, 3.05) is 13.7 Å². The summed E-state index contributed by atoms with van der Waals surface area (Å²) < 4.78 is 22.2. The molecule has 4 rings (SSSR count). The Morgan fingerprint density at radius 3 is 2.45 bits per heavy atom. The molecule has 3 aromatic rings. The number of rotatable bonds is 5. The lowest BCUT2D eigenvalue weighted by atomic mass is 9.99. The second kappa shape index (κ2) is 8.66. The van der Waals surface area contributed by atoms with Gasteiger partial charge in [0.25, 0.3) is 0 Å². The van der Waals surface area contributed by atoms with Gasteiger partial charge in [-0.15, -0.1) is 0 Å². The summed E-state index contributed by atoms with van der Waals surface area (Å²) in [7, 11) is 1.34. The molecule has 1 aliphatic rings. The van der Waals surface area contributed by atoms with Crippen molar-refractivity contribution in [3.8, 4) is 22.8 Å². The van der Waals surface area contributed by atoms with Gasteiger partial charge in [0.15, 0.2) is 5.43 Å². The number of methoxy groups -OCH3 is 1. The van der Waals surface area contributed by atoms with E-state index in [1.165, 1.54) is 43.5 Å². The third-order valence-electron chi connectivity index (χ3n) is 5.20. The van der Waals surface area contributed by atoms with E-state index in [1.807, 2.05) is 0 Å². The lowest BCUT2D eigenvalue weighted by Crippen LogP contribution is -2.60. The molecule has 0 amide bonds. The number of benzene rings is 2. The number of fused-ring (bicyclic) bond motifs is 1. The van der Waals surface area contributed by atoms with Gasteiger partial charge in [-0.25, -0.2) is 0 Å². The number of phenolic OH excluding ortho intramolecular Hbond substituents is 1. The van der Waals surface area contributed by atoms with Crippen molar-refractivity contribution in [3.63, 3.8) is 0 Å². The standard InChI is InChI=1S/C22H22O9/c1-28-21-18(10-23)31-22(20(27)19(21)26)29-13-6-7-14-15(25)9-16(30-17(14)8-13)11-2-4-12(24)5-3-11/h2-9,18-24,26-27H,10H2,1H3/t18-,19-,20-,21-,22-/m1/s1. The third-order valence-corrected chi connectivity index (χ3v) is 5.20. The van der Waals surface area contributed by atoms with Gasteiger partial charge in [-0.1, -0.05) is 0 Å². The monoisotopic (exact) mass is 430 g/mol. The van der Waals surface area contributed by atoms with Gasteiger partial charge in [0.2, 0.25) is 6.29 Å². The van der Waals surface area contributed by atoms with Crippen LogP contribution in [0.3, 0.4) is 0 Å². The first-order valence-corrected chi connectivity index (χ1v) is 9.60. The van der Waals surface area contributed by atoms with Crippen LogP contribution in [-0.4, -0.2) is 64.8 Å². The van der Waals surface area contributed by atoms with Gasteiger partial charge in [0.05, 0.1) is 12.0 Å². The Kier molecular flexibility index (Phi) is 5.94. The molecule has 0 spiro atoms. The number of hydrogen-bond acceptors (Lipinski definition) is 9. The second-order valence-corrected chi connectivity index (χ2v) is 7.20. The van der Waals surface area contributed by atoms with Gasteiger partial charge in [0, 0.05) is 24.8 Å². The van der Waals surface area contributed by atoms with Gasteiger partial charge in [-0.2, -0.15) is 0 Å². The maximum absolute atomic E-state index is 12.5. The van der Waals surface area contributed by atoms with E-state index in [2.05, 4.69) is 0 Å². The molecule has 1 fully saturated rings. The van der Waals surface area contributed by atoms with Gasteiger partial charge >= 0.3 is 0 Å². The summed E-state index contributed by atoms with van der Waals surface area (Å²) in [5.41, 5.74) is 0.588. The second-order valence-electron chi connectivity index (χ2n) is 7.20. The summed E-state index contributed by atoms with van der Waals surface area (Å²) in [6, 6.07) is 12.1. The van der Waals surface area contributed by atoms with Crippen molar-refractivity contribution in [2.24, 2.45) is 0 Å². The summed E-state index contributed by atoms with van der Waals surface area (Å²) in [6.45, 7) is -0.440. The Hall–Kier alpha value is -2.95. The first kappa shape index (κ1) is 21.3. The van der Waals surface area contributed by atoms with Crippen LogP contribution in [0.25, 0.3) is 22.3 Å². The molecule has 4 N–H and O–H groups in total. The van der Waals surface area contributed by atoms with E-state index in [4.69, 9.17) is 18.6 Å². The molecule has 0 unspecified atom stereocenters. The highest BCUT2D eigenvalue weighted by atomic mass is 16.7. The molecule has 2 aromatic carbocycles. The van der Waals surface area contributed by atoms with E-state index in [0.717, 1.165) is 0 Å². The minimum absolute atomic E-state index is 0.0905. The van der Waals surface area contributed by atoms with Crippen molar-refractivity contribution >= 4 is 11.0 Å². The van der Waals surface area contributed by atoms with Gasteiger partial charge < -0.3 is 39.1 Å². The fraction of sp³-hybridized carbons (Fsp3) is 0.318. The van der Waals surface area contributed by atoms with Crippen LogP contribution in [0.4, 0.5) is 0 Å². The molecule has 9 nitrogen and oxygen atoms in total. The normalized spacial score (nSPS) is 26.1. The quantitative estimate of drug-likeness (QED) is 0.467. The van der Waals surface area contributed by atoms with Crippen molar-refractivity contribution in [3.05, 3.63) is 58.8 Å². The van der Waals surface area contributed by atoms with Crippen LogP contribution in [-0.2, 0) is 9.47 Å². The summed E-state index contributed by atoms with van der Waals surface area (Å²) in [4.78, 5) is 12.5. The van der Waals surface area contributed by atoms with E-state index < -0.39 is 37.3 Å². The van der Waals surface area contributed by atoms with Gasteiger partial charge in [-0.05, 0) is 36.4 Å². The molecule has 1 saturated heterocycles. The predicted octanol–water partition coefficient (Wildman–Crippen LogP) is 0.998. The highest BCUT2D eigenvalue weighted by molar-refractivity contribution is 5.80. The Balaban J connectivity index is 1.64. The van der Waals surface area contributed by atoms with Gasteiger partial charge in [-0.3, -0.25) is 4.79 Å². The van der Waals surface area contributed by atoms with E-state index >= 15 is 0 Å². The number of hydrogen-bond donors (Lipinski definition) is 4. The molecule has 0 radical (unpaired) electrons. The molecule has 2 heterocycles. The molecule has 0 saturated carbocycles. The molecule has 0 bridgehead atoms. The molecular weight excluding hydrogens is 408 g/mol. The van der Waals surface area contributed by atoms with Crippen LogP contribution in [0.15, 0.2) is 57.7 Å². The predicted molar refractivity (Wildman–Crippen MR) is 109 cm³/mol. The van der Waals surface area contributed by atoms with Crippen molar-refractivity contribution in [1.82, 2.24) is 0 Å². The van der Waals surface area contributed by atoms with Crippen LogP contribution in [0.5, 0.6) is 11.5 Å². The Bertz CT molecular complexity index is 1110. The Morgan fingerprint density at radius 1 is 1.03 bits per heavy atom. The average molecular weight is 430 g/mol. The molecule has 164 valence electrons. The molecule has 1 aromatic heterocycles. The van der Waals surface area contributed by atoms with Gasteiger partial charge in [0.1, 0.15) is 47.3 Å². The number of aliphatic hydroxyl groups excluding tert-OH is 3. The zero-order valence-electron chi connectivity index (χ0n) is 16.5. The minimum atomic E-state index is -1.43. The Labute approximate surface area is 176 Å². The zero-order valence-corrected chi connectivity index (χ0v) is 16.5. The van der Waals surface area contributed by atoms with E-state index in [-0.39, 0.29) is 22.5 Å². The van der Waals surface area contributed by atoms with Crippen molar-refractivity contribution < 1.29 is 39.1 Å². The highest BCUT2D eigenvalue weighted by Gasteiger charge is 2.45. The summed E-state index contributed by atoms with van der Waals surface area (Å²) in [5, 5.41) is 39.8. The number of aromatic hydroxyl groups is 1. The zero-order chi connectivity index (χ0) is 22.1. The van der Waals surface area contributed by atoms with Crippen LogP contribution >= 0.6 is 0 Å². The highest BCUT2D eigenvalue weighted by Crippen LogP contribution is 2.29. The van der Waals surface area contributed by atoms with Crippen molar-refractivity contribution in [2.45, 2.75) is 30.7 Å². The number of aliphatic hydroxyl groups is 3. The topological polar surface area (TPSA) is 139 Å². The van der Waals surface area contributed by atoms with E-state index in [0.29, 0.717) is 16.7 Å². The lowest BCUT2D eigenvalue weighted by molar-refractivity contribution is -0.281. The number of ether oxygens (including phenoxy) is 3. The first-order chi connectivity index (χ1) is 14.9. The molecule has 31 heavy (non-hydrogen) atoms. The van der Waals surface area contributed by atoms with E-state index in [1.54, 1.807) is 12.1 Å². The summed E-state index contributed by atoms with van der Waals surface area (Å²) >= 11 is 0. The Morgan fingerprint density at radius 2 is 1.77 bits per heavy atom. The van der Waals surface area contributed by atoms with Crippen LogP contribution < -0.4 is 10.2 Å². The average Bonchev–Trinajstić information content (AvgIpc) is 2.77. The van der Waals surface area contributed by atoms with Crippen LogP contribution in [0, 0.1) is 0 Å². The fourth-order valence-electron chi connectivity index (χ4n) is 3.55. The fourth-order valence-corrected chi connectivity index (χ4v) is 3.55. The molecule has 1 aliphatic heterocycles. The molecule has 9 heteroatoms. The maximum atomic E-state index is 12.5. The smallest absolute Gasteiger partial charge is 0.229 e. The SMILES string of the molecule is CO[C@H]1[C@H](O)[C@@H](O)[C@H](Oc2ccc3c(=O)cc(-c4ccc(O)cc4)oc3c2)O[C@@H]1CO. The first-order valence-electron chi connectivity index (χ1n) is 9.60. The van der Waals surface area contributed by atoms with E-state index in [9.17, 15) is 25.2 Å². The minimum Gasteiger partial charge on any atom is -0.508 e. The number of phenols is 1. The maximum Gasteiger partial charge on any atom is 0.229 e. The molecule has 5 atom stereocenters. The largest absolute Gasteiger partial charge is 0.508 e. The lowest BCUT2D eigenvalue weighted by Gasteiger charge is -2.41.